The third kappa shape index (κ3) is 8.33. The van der Waals surface area contributed by atoms with E-state index in [0.29, 0.717) is 50.6 Å². The fourth-order valence-corrected chi connectivity index (χ4v) is 4.54. The van der Waals surface area contributed by atoms with Crippen LogP contribution in [0.4, 0.5) is 0 Å². The van der Waals surface area contributed by atoms with Crippen LogP contribution in [-0.2, 0) is 22.6 Å². The van der Waals surface area contributed by atoms with Gasteiger partial charge < -0.3 is 20.1 Å². The lowest BCUT2D eigenvalue weighted by molar-refractivity contribution is -0.122. The summed E-state index contributed by atoms with van der Waals surface area (Å²) in [7, 11) is 0. The van der Waals surface area contributed by atoms with Gasteiger partial charge in [-0.15, -0.1) is 0 Å². The van der Waals surface area contributed by atoms with Gasteiger partial charge in [0.2, 0.25) is 5.91 Å². The highest BCUT2D eigenvalue weighted by Gasteiger charge is 2.18. The fraction of sp³-hybridized carbons (Fsp3) is 0.500. The van der Waals surface area contributed by atoms with Crippen LogP contribution in [0.5, 0.6) is 5.75 Å². The maximum Gasteiger partial charge on any atom is 0.251 e. The highest BCUT2D eigenvalue weighted by Crippen LogP contribution is 2.24. The fourth-order valence-electron chi connectivity index (χ4n) is 4.54. The lowest BCUT2D eigenvalue weighted by atomic mass is 10.1. The Balaban J connectivity index is 1.46. The number of morpholine rings is 1. The Labute approximate surface area is 213 Å². The van der Waals surface area contributed by atoms with E-state index in [0.717, 1.165) is 63.2 Å². The maximum atomic E-state index is 12.9. The smallest absolute Gasteiger partial charge is 0.251 e. The molecule has 8 nitrogen and oxygen atoms in total. The van der Waals surface area contributed by atoms with Crippen molar-refractivity contribution < 1.29 is 19.1 Å². The van der Waals surface area contributed by atoms with Crippen LogP contribution >= 0.6 is 0 Å². The molecule has 0 radical (unpaired) electrons. The first-order valence-corrected chi connectivity index (χ1v) is 13.0. The molecule has 0 atom stereocenters. The second-order valence-electron chi connectivity index (χ2n) is 9.42. The maximum absolute atomic E-state index is 12.9. The molecular formula is C28H38N4O4. The molecule has 2 aromatic carbocycles. The molecule has 2 aliphatic rings. The van der Waals surface area contributed by atoms with E-state index in [1.807, 2.05) is 36.4 Å². The molecular weight excluding hydrogens is 456 g/mol. The van der Waals surface area contributed by atoms with Gasteiger partial charge in [-0.1, -0.05) is 36.4 Å². The summed E-state index contributed by atoms with van der Waals surface area (Å²) in [5.41, 5.74) is 2.71. The first kappa shape index (κ1) is 26.1. The number of nitrogens with zero attached hydrogens (tertiary/aromatic N) is 2. The molecule has 0 aromatic heterocycles. The normalized spacial score (nSPS) is 18.5. The molecule has 2 N–H and O–H groups in total. The number of rotatable bonds is 6. The van der Waals surface area contributed by atoms with Gasteiger partial charge in [0.1, 0.15) is 5.75 Å². The van der Waals surface area contributed by atoms with Gasteiger partial charge in [-0.3, -0.25) is 19.4 Å². The van der Waals surface area contributed by atoms with Gasteiger partial charge in [0.25, 0.3) is 5.91 Å². The van der Waals surface area contributed by atoms with Crippen molar-refractivity contribution in [1.29, 1.82) is 0 Å². The van der Waals surface area contributed by atoms with Gasteiger partial charge in [0.05, 0.1) is 26.4 Å². The Morgan fingerprint density at radius 3 is 2.61 bits per heavy atom. The minimum atomic E-state index is -0.0990. The van der Waals surface area contributed by atoms with Crippen molar-refractivity contribution in [3.05, 3.63) is 65.2 Å². The SMILES string of the molecule is O=C1CN(Cc2ccccc2)Cc2ccc(C(=O)NCCN3CCOCC3)cc2OCCCCCN1. The molecule has 2 amide bonds. The van der Waals surface area contributed by atoms with Crippen LogP contribution in [0.25, 0.3) is 0 Å². The molecule has 0 saturated carbocycles. The molecule has 194 valence electrons. The number of fused-ring (bicyclic) bond motifs is 1. The number of carbonyl (C=O) groups excluding carboxylic acids is 2. The zero-order chi connectivity index (χ0) is 25.0. The third-order valence-corrected chi connectivity index (χ3v) is 6.56. The van der Waals surface area contributed by atoms with E-state index >= 15 is 0 Å². The number of carbonyl (C=O) groups is 2. The van der Waals surface area contributed by atoms with Gasteiger partial charge in [0, 0.05) is 56.9 Å². The Morgan fingerprint density at radius 2 is 1.78 bits per heavy atom. The minimum Gasteiger partial charge on any atom is -0.493 e. The summed E-state index contributed by atoms with van der Waals surface area (Å²) < 4.78 is 11.6. The van der Waals surface area contributed by atoms with Crippen LogP contribution in [0.2, 0.25) is 0 Å². The number of nitrogens with one attached hydrogen (secondary N) is 2. The second-order valence-corrected chi connectivity index (χ2v) is 9.42. The summed E-state index contributed by atoms with van der Waals surface area (Å²) in [5.74, 6) is 0.649. The third-order valence-electron chi connectivity index (χ3n) is 6.56. The molecule has 4 rings (SSSR count). The summed E-state index contributed by atoms with van der Waals surface area (Å²) in [5, 5.41) is 6.08. The van der Waals surface area contributed by atoms with E-state index in [9.17, 15) is 9.59 Å². The molecule has 0 spiro atoms. The van der Waals surface area contributed by atoms with Crippen LogP contribution in [0.1, 0.15) is 40.7 Å². The molecule has 2 heterocycles. The quantitative estimate of drug-likeness (QED) is 0.642. The summed E-state index contributed by atoms with van der Waals surface area (Å²) in [6.07, 6.45) is 2.80. The number of ether oxygens (including phenoxy) is 2. The topological polar surface area (TPSA) is 83.1 Å². The molecule has 0 bridgehead atoms. The average molecular weight is 495 g/mol. The summed E-state index contributed by atoms with van der Waals surface area (Å²) in [6, 6.07) is 15.8. The summed E-state index contributed by atoms with van der Waals surface area (Å²) in [6.45, 7) is 7.48. The number of benzene rings is 2. The van der Waals surface area contributed by atoms with Crippen LogP contribution < -0.4 is 15.4 Å². The zero-order valence-electron chi connectivity index (χ0n) is 21.0. The largest absolute Gasteiger partial charge is 0.493 e. The predicted molar refractivity (Wildman–Crippen MR) is 139 cm³/mol. The lowest BCUT2D eigenvalue weighted by Gasteiger charge is -2.26. The molecule has 36 heavy (non-hydrogen) atoms. The van der Waals surface area contributed by atoms with E-state index in [2.05, 4.69) is 32.6 Å². The van der Waals surface area contributed by atoms with Crippen molar-refractivity contribution in [2.24, 2.45) is 0 Å². The monoisotopic (exact) mass is 494 g/mol. The minimum absolute atomic E-state index is 0.0314. The van der Waals surface area contributed by atoms with Gasteiger partial charge in [-0.2, -0.15) is 0 Å². The van der Waals surface area contributed by atoms with Crippen molar-refractivity contribution in [2.75, 3.05) is 59.1 Å². The van der Waals surface area contributed by atoms with Crippen LogP contribution in [-0.4, -0.2) is 80.7 Å². The summed E-state index contributed by atoms with van der Waals surface area (Å²) >= 11 is 0. The molecule has 1 saturated heterocycles. The molecule has 2 aliphatic heterocycles. The molecule has 8 heteroatoms. The van der Waals surface area contributed by atoms with E-state index in [4.69, 9.17) is 9.47 Å². The second kappa shape index (κ2) is 14.0. The van der Waals surface area contributed by atoms with E-state index < -0.39 is 0 Å². The zero-order valence-corrected chi connectivity index (χ0v) is 21.0. The number of amides is 2. The molecule has 0 aliphatic carbocycles. The van der Waals surface area contributed by atoms with Gasteiger partial charge in [-0.25, -0.2) is 0 Å². The van der Waals surface area contributed by atoms with E-state index in [-0.39, 0.29) is 11.8 Å². The van der Waals surface area contributed by atoms with Crippen LogP contribution in [0.15, 0.2) is 48.5 Å². The van der Waals surface area contributed by atoms with E-state index in [1.165, 1.54) is 0 Å². The lowest BCUT2D eigenvalue weighted by Crippen LogP contribution is -2.41. The molecule has 0 unspecified atom stereocenters. The number of hydrogen-bond acceptors (Lipinski definition) is 6. The Hall–Kier alpha value is -2.94. The van der Waals surface area contributed by atoms with Crippen LogP contribution in [0.3, 0.4) is 0 Å². The first-order chi connectivity index (χ1) is 17.7. The van der Waals surface area contributed by atoms with Gasteiger partial charge in [0.15, 0.2) is 0 Å². The Bertz CT molecular complexity index is 979. The van der Waals surface area contributed by atoms with Crippen LogP contribution in [0, 0.1) is 0 Å². The van der Waals surface area contributed by atoms with Crippen molar-refractivity contribution in [1.82, 2.24) is 20.4 Å². The van der Waals surface area contributed by atoms with Crippen molar-refractivity contribution in [3.63, 3.8) is 0 Å². The predicted octanol–water partition coefficient (Wildman–Crippen LogP) is 2.43. The Morgan fingerprint density at radius 1 is 0.944 bits per heavy atom. The van der Waals surface area contributed by atoms with E-state index in [1.54, 1.807) is 0 Å². The molecule has 2 aromatic rings. The number of hydrogen-bond donors (Lipinski definition) is 2. The van der Waals surface area contributed by atoms with Crippen molar-refractivity contribution in [3.8, 4) is 5.75 Å². The van der Waals surface area contributed by atoms with Crippen molar-refractivity contribution >= 4 is 11.8 Å². The van der Waals surface area contributed by atoms with Gasteiger partial charge in [-0.05, 0) is 37.0 Å². The standard InChI is InChI=1S/C28H38N4O4/c33-27-22-32(20-23-7-3-1-4-8-23)21-25-10-9-24(19-26(25)36-16-6-2-5-11-29-27)28(34)30-12-13-31-14-17-35-18-15-31/h1,3-4,7-10,19H,2,5-6,11-18,20-22H2,(H,29,33)(H,30,34). The van der Waals surface area contributed by atoms with Gasteiger partial charge >= 0.3 is 0 Å². The average Bonchev–Trinajstić information content (AvgIpc) is 2.91. The Kier molecular flexibility index (Phi) is 10.1. The summed E-state index contributed by atoms with van der Waals surface area (Å²) in [4.78, 5) is 29.9. The highest BCUT2D eigenvalue weighted by molar-refractivity contribution is 5.94. The first-order valence-electron chi connectivity index (χ1n) is 13.0. The highest BCUT2D eigenvalue weighted by atomic mass is 16.5. The van der Waals surface area contributed by atoms with Crippen molar-refractivity contribution in [2.45, 2.75) is 32.4 Å². The molecule has 1 fully saturated rings.